The summed E-state index contributed by atoms with van der Waals surface area (Å²) in [7, 11) is 3.15. The van der Waals surface area contributed by atoms with Crippen molar-refractivity contribution in [2.45, 2.75) is 0 Å². The van der Waals surface area contributed by atoms with Crippen molar-refractivity contribution >= 4 is 23.1 Å². The number of benzene rings is 2. The Bertz CT molecular complexity index is 858. The van der Waals surface area contributed by atoms with Crippen LogP contribution in [-0.2, 0) is 0 Å². The first-order chi connectivity index (χ1) is 12.2. The first-order valence-electron chi connectivity index (χ1n) is 7.39. The molecular weight excluding hydrogens is 325 g/mol. The Kier molecular flexibility index (Phi) is 4.89. The Labute approximate surface area is 143 Å². The van der Waals surface area contributed by atoms with E-state index in [4.69, 9.17) is 9.47 Å². The van der Waals surface area contributed by atoms with Crippen LogP contribution in [0.25, 0.3) is 0 Å². The second-order valence-electron chi connectivity index (χ2n) is 4.99. The van der Waals surface area contributed by atoms with Crippen LogP contribution in [-0.4, -0.2) is 29.4 Å². The van der Waals surface area contributed by atoms with Crippen LogP contribution in [0, 0.1) is 5.82 Å². The predicted octanol–water partition coefficient (Wildman–Crippen LogP) is 3.52. The fraction of sp³-hybridized carbons (Fsp3) is 0.118. The van der Waals surface area contributed by atoms with E-state index in [9.17, 15) is 4.39 Å². The Morgan fingerprint density at radius 3 is 2.48 bits per heavy atom. The number of nitrogens with zero attached hydrogens (tertiary/aromatic N) is 3. The highest BCUT2D eigenvalue weighted by Gasteiger charge is 2.08. The second-order valence-corrected chi connectivity index (χ2v) is 4.99. The maximum atomic E-state index is 13.0. The van der Waals surface area contributed by atoms with Gasteiger partial charge in [0.2, 0.25) is 5.95 Å². The molecule has 1 aromatic heterocycles. The van der Waals surface area contributed by atoms with Crippen molar-refractivity contribution < 1.29 is 13.9 Å². The lowest BCUT2D eigenvalue weighted by Gasteiger charge is -2.12. The molecule has 0 saturated carbocycles. The zero-order valence-electron chi connectivity index (χ0n) is 13.7. The summed E-state index contributed by atoms with van der Waals surface area (Å²) in [5.41, 5.74) is 1.33. The summed E-state index contributed by atoms with van der Waals surface area (Å²) in [4.78, 5) is 4.33. The van der Waals surface area contributed by atoms with E-state index >= 15 is 0 Å². The summed E-state index contributed by atoms with van der Waals surface area (Å²) in [6, 6.07) is 11.3. The zero-order valence-corrected chi connectivity index (χ0v) is 13.7. The van der Waals surface area contributed by atoms with Gasteiger partial charge in [-0.05, 0) is 36.4 Å². The third-order valence-electron chi connectivity index (χ3n) is 3.33. The summed E-state index contributed by atoms with van der Waals surface area (Å²) >= 11 is 0. The first kappa shape index (κ1) is 16.4. The number of halogens is 1. The van der Waals surface area contributed by atoms with Crippen molar-refractivity contribution in [3.8, 4) is 11.5 Å². The second kappa shape index (κ2) is 7.43. The topological polar surface area (TPSA) is 81.2 Å². The van der Waals surface area contributed by atoms with E-state index < -0.39 is 0 Å². The minimum Gasteiger partial charge on any atom is -0.497 e. The molecule has 1 heterocycles. The van der Waals surface area contributed by atoms with Crippen LogP contribution in [0.1, 0.15) is 0 Å². The number of anilines is 4. The normalized spacial score (nSPS) is 10.2. The number of aromatic nitrogens is 3. The Hall–Kier alpha value is -3.42. The molecule has 2 N–H and O–H groups in total. The Morgan fingerprint density at radius 2 is 1.76 bits per heavy atom. The summed E-state index contributed by atoms with van der Waals surface area (Å²) < 4.78 is 23.5. The van der Waals surface area contributed by atoms with Gasteiger partial charge in [0.1, 0.15) is 17.3 Å². The van der Waals surface area contributed by atoms with Gasteiger partial charge in [-0.2, -0.15) is 10.1 Å². The van der Waals surface area contributed by atoms with Gasteiger partial charge >= 0.3 is 0 Å². The molecule has 128 valence electrons. The molecule has 2 aromatic carbocycles. The minimum absolute atomic E-state index is 0.277. The quantitative estimate of drug-likeness (QED) is 0.710. The highest BCUT2D eigenvalue weighted by molar-refractivity contribution is 5.65. The van der Waals surface area contributed by atoms with Crippen LogP contribution in [0.2, 0.25) is 0 Å². The maximum absolute atomic E-state index is 13.0. The van der Waals surface area contributed by atoms with Crippen molar-refractivity contribution in [2.24, 2.45) is 0 Å². The predicted molar refractivity (Wildman–Crippen MR) is 92.3 cm³/mol. The molecule has 8 heteroatoms. The maximum Gasteiger partial charge on any atom is 0.249 e. The number of hydrogen-bond donors (Lipinski definition) is 2. The molecule has 25 heavy (non-hydrogen) atoms. The van der Waals surface area contributed by atoms with Crippen LogP contribution >= 0.6 is 0 Å². The molecule has 0 aliphatic carbocycles. The molecule has 0 unspecified atom stereocenters. The third-order valence-corrected chi connectivity index (χ3v) is 3.33. The summed E-state index contributed by atoms with van der Waals surface area (Å²) in [6.07, 6.45) is 1.47. The van der Waals surface area contributed by atoms with E-state index in [0.717, 1.165) is 0 Å². The van der Waals surface area contributed by atoms with Gasteiger partial charge in [0.05, 0.1) is 26.1 Å². The lowest BCUT2D eigenvalue weighted by Crippen LogP contribution is -2.03. The fourth-order valence-corrected chi connectivity index (χ4v) is 2.13. The number of nitrogens with one attached hydrogen (secondary N) is 2. The van der Waals surface area contributed by atoms with Gasteiger partial charge in [-0.25, -0.2) is 4.39 Å². The SMILES string of the molecule is COc1ccc(OC)c(Nc2nncc(Nc3ccc(F)cc3)n2)c1. The van der Waals surface area contributed by atoms with Crippen molar-refractivity contribution in [1.82, 2.24) is 15.2 Å². The molecule has 3 rings (SSSR count). The zero-order chi connectivity index (χ0) is 17.6. The van der Waals surface area contributed by atoms with E-state index in [1.807, 2.05) is 0 Å². The number of hydrogen-bond acceptors (Lipinski definition) is 7. The largest absolute Gasteiger partial charge is 0.497 e. The van der Waals surface area contributed by atoms with Gasteiger partial charge in [0, 0.05) is 11.8 Å². The van der Waals surface area contributed by atoms with E-state index in [0.29, 0.717) is 28.7 Å². The van der Waals surface area contributed by atoms with Gasteiger partial charge in [-0.3, -0.25) is 0 Å². The van der Waals surface area contributed by atoms with E-state index in [-0.39, 0.29) is 11.8 Å². The number of rotatable bonds is 6. The van der Waals surface area contributed by atoms with Crippen molar-refractivity contribution in [3.05, 3.63) is 54.5 Å². The van der Waals surface area contributed by atoms with Crippen LogP contribution < -0.4 is 20.1 Å². The van der Waals surface area contributed by atoms with Crippen LogP contribution in [0.3, 0.4) is 0 Å². The smallest absolute Gasteiger partial charge is 0.249 e. The van der Waals surface area contributed by atoms with Gasteiger partial charge in [0.25, 0.3) is 0 Å². The molecule has 0 amide bonds. The van der Waals surface area contributed by atoms with Crippen molar-refractivity contribution in [1.29, 1.82) is 0 Å². The van der Waals surface area contributed by atoms with Gasteiger partial charge < -0.3 is 20.1 Å². The summed E-state index contributed by atoms with van der Waals surface area (Å²) in [5, 5.41) is 13.9. The molecule has 0 radical (unpaired) electrons. The van der Waals surface area contributed by atoms with E-state index in [1.54, 1.807) is 44.6 Å². The summed E-state index contributed by atoms with van der Waals surface area (Å²) in [6.45, 7) is 0. The Morgan fingerprint density at radius 1 is 0.960 bits per heavy atom. The molecule has 0 atom stereocenters. The highest BCUT2D eigenvalue weighted by atomic mass is 19.1. The molecule has 0 bridgehead atoms. The molecule has 0 spiro atoms. The van der Waals surface area contributed by atoms with Gasteiger partial charge in [-0.15, -0.1) is 5.10 Å². The molecule has 7 nitrogen and oxygen atoms in total. The lowest BCUT2D eigenvalue weighted by molar-refractivity contribution is 0.405. The third kappa shape index (κ3) is 4.11. The summed E-state index contributed by atoms with van der Waals surface area (Å²) in [5.74, 6) is 1.71. The van der Waals surface area contributed by atoms with E-state index in [2.05, 4.69) is 25.8 Å². The molecule has 0 aliphatic rings. The molecule has 0 fully saturated rings. The monoisotopic (exact) mass is 341 g/mol. The van der Waals surface area contributed by atoms with Crippen molar-refractivity contribution in [3.63, 3.8) is 0 Å². The number of methoxy groups -OCH3 is 2. The van der Waals surface area contributed by atoms with Gasteiger partial charge in [0.15, 0.2) is 5.82 Å². The van der Waals surface area contributed by atoms with E-state index in [1.165, 1.54) is 18.3 Å². The standard InChI is InChI=1S/C17H16FN5O2/c1-24-13-7-8-15(25-2)14(9-13)21-17-22-16(10-19-23-17)20-12-5-3-11(18)4-6-12/h3-10H,1-2H3,(H2,20,21,22,23). The van der Waals surface area contributed by atoms with Crippen LogP contribution in [0.15, 0.2) is 48.7 Å². The van der Waals surface area contributed by atoms with Crippen molar-refractivity contribution in [2.75, 3.05) is 24.9 Å². The minimum atomic E-state index is -0.307. The molecule has 3 aromatic rings. The average Bonchev–Trinajstić information content (AvgIpc) is 2.64. The van der Waals surface area contributed by atoms with Crippen LogP contribution in [0.4, 0.5) is 27.5 Å². The number of ether oxygens (including phenoxy) is 2. The van der Waals surface area contributed by atoms with Gasteiger partial charge in [-0.1, -0.05) is 0 Å². The molecular formula is C17H16FN5O2. The van der Waals surface area contributed by atoms with Crippen LogP contribution in [0.5, 0.6) is 11.5 Å². The first-order valence-corrected chi connectivity index (χ1v) is 7.39. The average molecular weight is 341 g/mol. The molecule has 0 aliphatic heterocycles. The Balaban J connectivity index is 1.81. The lowest BCUT2D eigenvalue weighted by atomic mass is 10.2. The molecule has 0 saturated heterocycles. The highest BCUT2D eigenvalue weighted by Crippen LogP contribution is 2.30. The fourth-order valence-electron chi connectivity index (χ4n) is 2.13.